The molecule has 1 aliphatic carbocycles. The van der Waals surface area contributed by atoms with Gasteiger partial charge < -0.3 is 15.0 Å². The van der Waals surface area contributed by atoms with Crippen LogP contribution in [0.15, 0.2) is 60.4 Å². The van der Waals surface area contributed by atoms with Gasteiger partial charge in [-0.05, 0) is 62.3 Å². The van der Waals surface area contributed by atoms with Crippen LogP contribution in [0.4, 0.5) is 21.9 Å². The Balaban J connectivity index is 0.00000289. The van der Waals surface area contributed by atoms with Crippen LogP contribution < -0.4 is 15.5 Å². The summed E-state index contributed by atoms with van der Waals surface area (Å²) < 4.78 is 5.48. The number of carbonyl (C=O) groups excluding carboxylic acids is 2. The largest absolute Gasteiger partial charge is 0.449 e. The molecule has 8 heteroatoms. The van der Waals surface area contributed by atoms with Crippen LogP contribution in [0, 0.1) is 5.92 Å². The van der Waals surface area contributed by atoms with Crippen molar-refractivity contribution in [1.29, 1.82) is 0 Å². The number of pyridine rings is 1. The summed E-state index contributed by atoms with van der Waals surface area (Å²) in [7, 11) is 0. The molecule has 1 saturated heterocycles. The Morgan fingerprint density at radius 3 is 2.38 bits per heavy atom. The number of aromatic nitrogens is 1. The average molecular weight is 457 g/mol. The molecule has 4 rings (SSSR count). The van der Waals surface area contributed by atoms with Crippen LogP contribution in [-0.2, 0) is 9.53 Å². The van der Waals surface area contributed by atoms with Crippen molar-refractivity contribution in [3.05, 3.63) is 60.4 Å². The van der Waals surface area contributed by atoms with Crippen LogP contribution in [0.5, 0.6) is 0 Å². The molecule has 2 heterocycles. The van der Waals surface area contributed by atoms with Crippen molar-refractivity contribution < 1.29 is 14.3 Å². The second-order valence-electron chi connectivity index (χ2n) is 7.98. The molecule has 32 heavy (non-hydrogen) atoms. The zero-order chi connectivity index (χ0) is 21.5. The highest BCUT2D eigenvalue weighted by molar-refractivity contribution is 6.06. The second kappa shape index (κ2) is 11.5. The Bertz CT molecular complexity index is 943. The van der Waals surface area contributed by atoms with Crippen LogP contribution in [0.3, 0.4) is 0 Å². The number of hydrogen-bond acceptors (Lipinski definition) is 5. The van der Waals surface area contributed by atoms with E-state index in [1.165, 1.54) is 5.69 Å². The Kier molecular flexibility index (Phi) is 8.50. The van der Waals surface area contributed by atoms with Gasteiger partial charge in [0.2, 0.25) is 0 Å². The van der Waals surface area contributed by atoms with Gasteiger partial charge in [-0.2, -0.15) is 0 Å². The van der Waals surface area contributed by atoms with E-state index in [2.05, 4.69) is 20.5 Å². The zero-order valence-electron chi connectivity index (χ0n) is 18.0. The molecule has 2 aromatic rings. The molecule has 2 aliphatic rings. The van der Waals surface area contributed by atoms with Crippen molar-refractivity contribution in [2.45, 2.75) is 32.1 Å². The van der Waals surface area contributed by atoms with Crippen LogP contribution in [-0.4, -0.2) is 36.7 Å². The van der Waals surface area contributed by atoms with E-state index < -0.39 is 6.09 Å². The molecule has 0 saturated carbocycles. The van der Waals surface area contributed by atoms with Gasteiger partial charge in [-0.15, -0.1) is 12.4 Å². The lowest BCUT2D eigenvalue weighted by molar-refractivity contribution is -0.112. The van der Waals surface area contributed by atoms with Gasteiger partial charge in [0.05, 0.1) is 18.0 Å². The number of piperidine rings is 1. The maximum Gasteiger partial charge on any atom is 0.411 e. The van der Waals surface area contributed by atoms with Gasteiger partial charge in [-0.1, -0.05) is 18.2 Å². The molecule has 170 valence electrons. The highest BCUT2D eigenvalue weighted by Crippen LogP contribution is 2.25. The highest BCUT2D eigenvalue weighted by atomic mass is 35.5. The summed E-state index contributed by atoms with van der Waals surface area (Å²) in [5.41, 5.74) is 3.09. The number of ether oxygens (including phenoxy) is 1. The van der Waals surface area contributed by atoms with Crippen LogP contribution in [0.1, 0.15) is 32.1 Å². The van der Waals surface area contributed by atoms with E-state index in [9.17, 15) is 9.59 Å². The lowest BCUT2D eigenvalue weighted by Crippen LogP contribution is -2.35. The number of carbonyl (C=O) groups is 2. The monoisotopic (exact) mass is 456 g/mol. The smallest absolute Gasteiger partial charge is 0.411 e. The third-order valence-corrected chi connectivity index (χ3v) is 5.84. The van der Waals surface area contributed by atoms with E-state index in [4.69, 9.17) is 4.74 Å². The fraction of sp³-hybridized carbons (Fsp3) is 0.375. The first-order valence-electron chi connectivity index (χ1n) is 10.9. The second-order valence-corrected chi connectivity index (χ2v) is 7.98. The third kappa shape index (κ3) is 6.23. The van der Waals surface area contributed by atoms with E-state index in [-0.39, 0.29) is 18.3 Å². The molecule has 0 radical (unpaired) electrons. The number of benzene rings is 1. The minimum atomic E-state index is -0.502. The van der Waals surface area contributed by atoms with Gasteiger partial charge in [0, 0.05) is 36.7 Å². The maximum absolute atomic E-state index is 12.4. The van der Waals surface area contributed by atoms with Crippen molar-refractivity contribution in [2.75, 3.05) is 35.2 Å². The van der Waals surface area contributed by atoms with Crippen LogP contribution in [0.25, 0.3) is 0 Å². The molecular weight excluding hydrogens is 428 g/mol. The predicted molar refractivity (Wildman–Crippen MR) is 128 cm³/mol. The zero-order valence-corrected chi connectivity index (χ0v) is 18.8. The molecule has 1 aromatic heterocycles. The average Bonchev–Trinajstić information content (AvgIpc) is 3.35. The standard InChI is InChI=1S/C24H28N4O3.ClH/c29-23(19-5-1-2-6-19)26-21-7-3-4-8-22(21)27-24(30)31-17-18-11-15-28(16-12-18)20-9-13-25-14-10-20;/h3-5,7-10,13-14,18H,1-2,6,11-12,15-17H2,(H,26,29)(H,27,30);1H. The Hall–Kier alpha value is -3.06. The number of anilines is 3. The summed E-state index contributed by atoms with van der Waals surface area (Å²) in [5, 5.41) is 5.66. The topological polar surface area (TPSA) is 83.6 Å². The first kappa shape index (κ1) is 23.6. The quantitative estimate of drug-likeness (QED) is 0.637. The molecule has 0 bridgehead atoms. The molecule has 1 fully saturated rings. The maximum atomic E-state index is 12.4. The molecule has 2 N–H and O–H groups in total. The number of allylic oxidation sites excluding steroid dienone is 1. The molecule has 1 aliphatic heterocycles. The van der Waals surface area contributed by atoms with Crippen molar-refractivity contribution >= 4 is 41.5 Å². The highest BCUT2D eigenvalue weighted by Gasteiger charge is 2.21. The van der Waals surface area contributed by atoms with Crippen molar-refractivity contribution in [2.24, 2.45) is 5.92 Å². The van der Waals surface area contributed by atoms with Gasteiger partial charge in [0.25, 0.3) is 5.91 Å². The minimum absolute atomic E-state index is 0. The van der Waals surface area contributed by atoms with Crippen molar-refractivity contribution in [3.8, 4) is 0 Å². The minimum Gasteiger partial charge on any atom is -0.449 e. The van der Waals surface area contributed by atoms with E-state index in [0.717, 1.165) is 50.8 Å². The summed E-state index contributed by atoms with van der Waals surface area (Å²) in [6.45, 7) is 2.26. The first-order chi connectivity index (χ1) is 15.2. The van der Waals surface area contributed by atoms with Gasteiger partial charge in [-0.3, -0.25) is 15.1 Å². The number of hydrogen-bond donors (Lipinski definition) is 2. The summed E-state index contributed by atoms with van der Waals surface area (Å²) in [6, 6.07) is 11.2. The summed E-state index contributed by atoms with van der Waals surface area (Å²) >= 11 is 0. The normalized spacial score (nSPS) is 16.0. The Labute approximate surface area is 194 Å². The van der Waals surface area contributed by atoms with Gasteiger partial charge in [-0.25, -0.2) is 4.79 Å². The predicted octanol–water partition coefficient (Wildman–Crippen LogP) is 5.02. The number of nitrogens with one attached hydrogen (secondary N) is 2. The first-order valence-corrected chi connectivity index (χ1v) is 10.9. The number of halogens is 1. The van der Waals surface area contributed by atoms with E-state index in [0.29, 0.717) is 23.9 Å². The van der Waals surface area contributed by atoms with E-state index in [1.807, 2.05) is 30.3 Å². The number of amides is 2. The number of para-hydroxylation sites is 2. The molecule has 2 amide bonds. The SMILES string of the molecule is Cl.O=C(Nc1ccccc1NC(=O)C1=CCCC1)OCC1CCN(c2ccncc2)CC1. The fourth-order valence-electron chi connectivity index (χ4n) is 4.03. The number of rotatable bonds is 6. The Morgan fingerprint density at radius 2 is 1.72 bits per heavy atom. The summed E-state index contributed by atoms with van der Waals surface area (Å²) in [4.78, 5) is 31.1. The molecule has 1 aromatic carbocycles. The lowest BCUT2D eigenvalue weighted by Gasteiger charge is -2.33. The van der Waals surface area contributed by atoms with Crippen molar-refractivity contribution in [3.63, 3.8) is 0 Å². The molecule has 7 nitrogen and oxygen atoms in total. The van der Waals surface area contributed by atoms with Crippen molar-refractivity contribution in [1.82, 2.24) is 4.98 Å². The lowest BCUT2D eigenvalue weighted by atomic mass is 9.97. The number of nitrogens with zero attached hydrogens (tertiary/aromatic N) is 2. The molecular formula is C24H29ClN4O3. The molecule has 0 atom stereocenters. The van der Waals surface area contributed by atoms with Gasteiger partial charge >= 0.3 is 6.09 Å². The van der Waals surface area contributed by atoms with Crippen LogP contribution >= 0.6 is 12.4 Å². The summed E-state index contributed by atoms with van der Waals surface area (Å²) in [6.07, 6.45) is 9.77. The molecule has 0 spiro atoms. The third-order valence-electron chi connectivity index (χ3n) is 5.84. The van der Waals surface area contributed by atoms with E-state index >= 15 is 0 Å². The fourth-order valence-corrected chi connectivity index (χ4v) is 4.03. The Morgan fingerprint density at radius 1 is 1.03 bits per heavy atom. The van der Waals surface area contributed by atoms with E-state index in [1.54, 1.807) is 24.5 Å². The summed E-state index contributed by atoms with van der Waals surface area (Å²) in [5.74, 6) is 0.231. The molecule has 0 unspecified atom stereocenters. The van der Waals surface area contributed by atoms with Gasteiger partial charge in [0.1, 0.15) is 0 Å². The van der Waals surface area contributed by atoms with Crippen LogP contribution in [0.2, 0.25) is 0 Å². The van der Waals surface area contributed by atoms with Gasteiger partial charge in [0.15, 0.2) is 0 Å².